The van der Waals surface area contributed by atoms with E-state index >= 15 is 0 Å². The molecule has 0 aromatic carbocycles. The van der Waals surface area contributed by atoms with Crippen molar-refractivity contribution < 1.29 is 0 Å². The molecule has 0 spiro atoms. The monoisotopic (exact) mass is 96.0 g/mol. The minimum absolute atomic E-state index is 0. The molecule has 0 aliphatic heterocycles. The van der Waals surface area contributed by atoms with Crippen LogP contribution in [0.15, 0.2) is 0 Å². The highest BCUT2D eigenvalue weighted by Crippen LogP contribution is 1.37. The van der Waals surface area contributed by atoms with E-state index in [1.165, 1.54) is 5.01 Å². The molecule has 0 saturated carbocycles. The molecule has 0 unspecified atom stereocenters. The highest BCUT2D eigenvalue weighted by Gasteiger charge is 1.57. The van der Waals surface area contributed by atoms with Crippen molar-refractivity contribution in [3.05, 3.63) is 0 Å². The summed E-state index contributed by atoms with van der Waals surface area (Å²) < 4.78 is 0. The molecule has 0 aromatic heterocycles. The standard InChI is InChI=1S/C2H8N2.ClH/c1-4(2)3;/h3H2,1-2H3;1H. The Bertz CT molecular complexity index is 12.4. The molecule has 0 bridgehead atoms. The summed E-state index contributed by atoms with van der Waals surface area (Å²) >= 11 is 0. The van der Waals surface area contributed by atoms with Gasteiger partial charge in [0.15, 0.2) is 0 Å². The molecule has 0 rings (SSSR count). The first kappa shape index (κ1) is 8.96. The van der Waals surface area contributed by atoms with Gasteiger partial charge >= 0.3 is 0 Å². The summed E-state index contributed by atoms with van der Waals surface area (Å²) in [5, 5.41) is 1.50. The Hall–Kier alpha value is 0.210. The van der Waals surface area contributed by atoms with Crippen LogP contribution in [-0.2, 0) is 0 Å². The Morgan fingerprint density at radius 1 is 1.40 bits per heavy atom. The third-order valence-electron chi connectivity index (χ3n) is 0. The number of nitrogens with zero attached hydrogens (tertiary/aromatic N) is 1. The van der Waals surface area contributed by atoms with E-state index in [2.05, 4.69) is 0 Å². The van der Waals surface area contributed by atoms with Gasteiger partial charge in [-0.1, -0.05) is 0 Å². The summed E-state index contributed by atoms with van der Waals surface area (Å²) in [5.41, 5.74) is 0. The van der Waals surface area contributed by atoms with E-state index in [9.17, 15) is 0 Å². The lowest BCUT2D eigenvalue weighted by Crippen LogP contribution is -2.18. The van der Waals surface area contributed by atoms with E-state index in [0.29, 0.717) is 0 Å². The summed E-state index contributed by atoms with van der Waals surface area (Å²) in [4.78, 5) is 0. The van der Waals surface area contributed by atoms with Crippen molar-refractivity contribution in [3.63, 3.8) is 0 Å². The fourth-order valence-electron chi connectivity index (χ4n) is 0. The van der Waals surface area contributed by atoms with Crippen LogP contribution in [0.2, 0.25) is 0 Å². The van der Waals surface area contributed by atoms with E-state index in [-0.39, 0.29) is 12.4 Å². The third-order valence-corrected chi connectivity index (χ3v) is 0. The van der Waals surface area contributed by atoms with Crippen LogP contribution in [0.25, 0.3) is 0 Å². The van der Waals surface area contributed by atoms with Gasteiger partial charge in [0.05, 0.1) is 0 Å². The fourth-order valence-corrected chi connectivity index (χ4v) is 0. The minimum atomic E-state index is 0. The molecule has 2 nitrogen and oxygen atoms in total. The van der Waals surface area contributed by atoms with Crippen molar-refractivity contribution in [2.24, 2.45) is 5.84 Å². The summed E-state index contributed by atoms with van der Waals surface area (Å²) in [6.07, 6.45) is 0. The van der Waals surface area contributed by atoms with Crippen molar-refractivity contribution in [2.75, 3.05) is 14.1 Å². The molecule has 0 atom stereocenters. The zero-order valence-corrected chi connectivity index (χ0v) is 4.25. The van der Waals surface area contributed by atoms with Gasteiger partial charge in [-0.2, -0.15) is 0 Å². The summed E-state index contributed by atoms with van der Waals surface area (Å²) in [6, 6.07) is 0. The van der Waals surface area contributed by atoms with Crippen LogP contribution in [0.5, 0.6) is 0 Å². The molecule has 2 N–H and O–H groups in total. The number of hydrogen-bond acceptors (Lipinski definition) is 2. The van der Waals surface area contributed by atoms with Crippen molar-refractivity contribution >= 4 is 12.4 Å². The molecule has 0 aliphatic carbocycles. The van der Waals surface area contributed by atoms with Gasteiger partial charge in [0, 0.05) is 14.1 Å². The van der Waals surface area contributed by atoms with E-state index in [0.717, 1.165) is 0 Å². The highest BCUT2D eigenvalue weighted by molar-refractivity contribution is 5.85. The van der Waals surface area contributed by atoms with Crippen molar-refractivity contribution in [2.45, 2.75) is 0 Å². The van der Waals surface area contributed by atoms with Crippen LogP contribution in [-0.4, -0.2) is 19.1 Å². The molecule has 0 heterocycles. The molecule has 0 fully saturated rings. The van der Waals surface area contributed by atoms with Crippen LogP contribution in [0.3, 0.4) is 0 Å². The summed E-state index contributed by atoms with van der Waals surface area (Å²) in [6.45, 7) is 0. The zero-order valence-electron chi connectivity index (χ0n) is 3.43. The minimum Gasteiger partial charge on any atom is -0.269 e. The maximum absolute atomic E-state index is 4.94. The maximum Gasteiger partial charge on any atom is 0.00105 e. The molecule has 3 heteroatoms. The quantitative estimate of drug-likeness (QED) is 0.336. The van der Waals surface area contributed by atoms with Gasteiger partial charge in [0.25, 0.3) is 0 Å². The first-order chi connectivity index (χ1) is 1.73. The van der Waals surface area contributed by atoms with Crippen LogP contribution < -0.4 is 5.84 Å². The van der Waals surface area contributed by atoms with Gasteiger partial charge in [-0.25, -0.2) is 0 Å². The van der Waals surface area contributed by atoms with Crippen LogP contribution in [0.4, 0.5) is 0 Å². The number of hydrogen-bond donors (Lipinski definition) is 1. The van der Waals surface area contributed by atoms with Crippen molar-refractivity contribution in [3.8, 4) is 0 Å². The maximum atomic E-state index is 4.94. The number of rotatable bonds is 0. The molecule has 34 valence electrons. The molecular formula is C2H9ClN2. The molecule has 5 heavy (non-hydrogen) atoms. The molecular weight excluding hydrogens is 87.5 g/mol. The average Bonchev–Trinajstić information content (AvgIpc) is 0.811. The third kappa shape index (κ3) is 466. The Kier molecular flexibility index (Phi) is 7.55. The summed E-state index contributed by atoms with van der Waals surface area (Å²) in [7, 11) is 3.56. The first-order valence-corrected chi connectivity index (χ1v) is 1.15. The number of nitrogens with two attached hydrogens (primary N) is 1. The SMILES string of the molecule is CN(C)N.Cl. The number of halogens is 1. The van der Waals surface area contributed by atoms with Crippen molar-refractivity contribution in [1.29, 1.82) is 0 Å². The molecule has 0 aromatic rings. The van der Waals surface area contributed by atoms with Gasteiger partial charge in [-0.3, -0.25) is 10.9 Å². The van der Waals surface area contributed by atoms with Gasteiger partial charge in [-0.15, -0.1) is 12.4 Å². The van der Waals surface area contributed by atoms with E-state index in [1.807, 2.05) is 0 Å². The Labute approximate surface area is 38.3 Å². The normalized spacial score (nSPS) is 7.20. The second-order valence-electron chi connectivity index (χ2n) is 0.964. The van der Waals surface area contributed by atoms with Crippen molar-refractivity contribution in [1.82, 2.24) is 5.01 Å². The predicted octanol–water partition coefficient (Wildman–Crippen LogP) is -0.156. The second-order valence-corrected chi connectivity index (χ2v) is 0.964. The Balaban J connectivity index is 0. The molecule has 0 aliphatic rings. The lowest BCUT2D eigenvalue weighted by atomic mass is 11.2. The van der Waals surface area contributed by atoms with E-state index in [1.54, 1.807) is 14.1 Å². The van der Waals surface area contributed by atoms with Gasteiger partial charge in [0.1, 0.15) is 0 Å². The lowest BCUT2D eigenvalue weighted by Gasteiger charge is -1.91. The van der Waals surface area contributed by atoms with E-state index in [4.69, 9.17) is 5.84 Å². The number of hydrazine groups is 1. The lowest BCUT2D eigenvalue weighted by molar-refractivity contribution is 0.432. The van der Waals surface area contributed by atoms with Gasteiger partial charge in [-0.05, 0) is 0 Å². The topological polar surface area (TPSA) is 29.3 Å². The molecule has 0 amide bonds. The molecule has 0 radical (unpaired) electrons. The smallest absolute Gasteiger partial charge is 0.00105 e. The Morgan fingerprint density at radius 3 is 1.40 bits per heavy atom. The first-order valence-electron chi connectivity index (χ1n) is 1.15. The van der Waals surface area contributed by atoms with Gasteiger partial charge in [0.2, 0.25) is 0 Å². The molecule has 0 saturated heterocycles. The van der Waals surface area contributed by atoms with E-state index < -0.39 is 0 Å². The van der Waals surface area contributed by atoms with Crippen LogP contribution in [0.1, 0.15) is 0 Å². The highest BCUT2D eigenvalue weighted by atomic mass is 35.5. The largest absolute Gasteiger partial charge is 0.269 e. The van der Waals surface area contributed by atoms with Crippen LogP contribution in [0, 0.1) is 0 Å². The Morgan fingerprint density at radius 2 is 1.40 bits per heavy atom. The predicted molar refractivity (Wildman–Crippen MR) is 25.1 cm³/mol. The zero-order chi connectivity index (χ0) is 3.58. The van der Waals surface area contributed by atoms with Gasteiger partial charge < -0.3 is 0 Å². The fraction of sp³-hybridized carbons (Fsp3) is 1.00. The second kappa shape index (κ2) is 4.21. The average molecular weight is 96.6 g/mol. The van der Waals surface area contributed by atoms with Crippen LogP contribution >= 0.6 is 12.4 Å². The summed E-state index contributed by atoms with van der Waals surface area (Å²) in [5.74, 6) is 4.94.